The van der Waals surface area contributed by atoms with Crippen molar-refractivity contribution in [2.45, 2.75) is 18.2 Å². The number of nitrogens with two attached hydrogens (primary N) is 1. The Hall–Kier alpha value is -1.53. The first-order valence-corrected chi connectivity index (χ1v) is 8.33. The van der Waals surface area contributed by atoms with Gasteiger partial charge in [-0.05, 0) is 58.4 Å². The van der Waals surface area contributed by atoms with Crippen LogP contribution in [0.25, 0.3) is 0 Å². The molecule has 21 heavy (non-hydrogen) atoms. The van der Waals surface area contributed by atoms with Crippen molar-refractivity contribution in [3.63, 3.8) is 0 Å². The van der Waals surface area contributed by atoms with Gasteiger partial charge in [0.1, 0.15) is 5.69 Å². The van der Waals surface area contributed by atoms with Gasteiger partial charge in [-0.1, -0.05) is 6.92 Å². The van der Waals surface area contributed by atoms with Crippen LogP contribution in [0.3, 0.4) is 0 Å². The van der Waals surface area contributed by atoms with Gasteiger partial charge in [-0.15, -0.1) is 11.8 Å². The number of nitrogen functional groups attached to an aromatic ring is 1. The van der Waals surface area contributed by atoms with Gasteiger partial charge in [0.25, 0.3) is 5.91 Å². The molecule has 1 aromatic carbocycles. The van der Waals surface area contributed by atoms with Crippen LogP contribution in [0.4, 0.5) is 11.4 Å². The lowest BCUT2D eigenvalue weighted by molar-refractivity contribution is 0.102. The Bertz CT molecular complexity index is 631. The topological polar surface area (TPSA) is 68.0 Å². The standard InChI is InChI=1S/C15H16BrN3OS/c1-2-7-21-11-4-5-12(17)14(8-11)19-15(20)13-6-3-10(16)9-18-13/h3-6,8-9H,2,7,17H2,1H3,(H,19,20). The van der Waals surface area contributed by atoms with Crippen molar-refractivity contribution in [3.8, 4) is 0 Å². The Morgan fingerprint density at radius 3 is 2.86 bits per heavy atom. The third-order valence-electron chi connectivity index (χ3n) is 2.71. The summed E-state index contributed by atoms with van der Waals surface area (Å²) < 4.78 is 0.830. The molecule has 110 valence electrons. The normalized spacial score (nSPS) is 10.4. The third-order valence-corrected chi connectivity index (χ3v) is 4.37. The van der Waals surface area contributed by atoms with Crippen LogP contribution in [-0.2, 0) is 0 Å². The van der Waals surface area contributed by atoms with Crippen LogP contribution in [0.1, 0.15) is 23.8 Å². The van der Waals surface area contributed by atoms with Crippen molar-refractivity contribution >= 4 is 45.0 Å². The summed E-state index contributed by atoms with van der Waals surface area (Å²) in [5.74, 6) is 0.762. The summed E-state index contributed by atoms with van der Waals surface area (Å²) in [5, 5.41) is 2.81. The number of halogens is 1. The van der Waals surface area contributed by atoms with Gasteiger partial charge in [0.05, 0.1) is 11.4 Å². The minimum Gasteiger partial charge on any atom is -0.397 e. The molecule has 6 heteroatoms. The van der Waals surface area contributed by atoms with Gasteiger partial charge in [0.15, 0.2) is 0 Å². The third kappa shape index (κ3) is 4.47. The zero-order valence-corrected chi connectivity index (χ0v) is 14.0. The van der Waals surface area contributed by atoms with Crippen LogP contribution < -0.4 is 11.1 Å². The SMILES string of the molecule is CCCSc1ccc(N)c(NC(=O)c2ccc(Br)cn2)c1. The highest BCUT2D eigenvalue weighted by Gasteiger charge is 2.10. The van der Waals surface area contributed by atoms with E-state index < -0.39 is 0 Å². The van der Waals surface area contributed by atoms with Crippen molar-refractivity contribution < 1.29 is 4.79 Å². The Kier molecular flexibility index (Phi) is 5.64. The van der Waals surface area contributed by atoms with Gasteiger partial charge >= 0.3 is 0 Å². The first-order valence-electron chi connectivity index (χ1n) is 6.55. The van der Waals surface area contributed by atoms with Crippen molar-refractivity contribution in [2.75, 3.05) is 16.8 Å². The quantitative estimate of drug-likeness (QED) is 0.615. The summed E-state index contributed by atoms with van der Waals surface area (Å²) in [6.07, 6.45) is 2.69. The molecule has 0 fully saturated rings. The van der Waals surface area contributed by atoms with Gasteiger partial charge < -0.3 is 11.1 Å². The van der Waals surface area contributed by atoms with Gasteiger partial charge in [-0.25, -0.2) is 4.98 Å². The molecule has 0 aliphatic rings. The average molecular weight is 366 g/mol. The number of aromatic nitrogens is 1. The van der Waals surface area contributed by atoms with Gasteiger partial charge in [0.2, 0.25) is 0 Å². The summed E-state index contributed by atoms with van der Waals surface area (Å²) >= 11 is 5.03. The van der Waals surface area contributed by atoms with E-state index in [0.29, 0.717) is 17.1 Å². The second-order valence-electron chi connectivity index (χ2n) is 4.41. The van der Waals surface area contributed by atoms with Crippen LogP contribution in [0.5, 0.6) is 0 Å². The number of benzene rings is 1. The van der Waals surface area contributed by atoms with Gasteiger partial charge in [-0.2, -0.15) is 0 Å². The minimum atomic E-state index is -0.271. The molecular formula is C15H16BrN3OS. The Balaban J connectivity index is 2.14. The Labute approximate surface area is 136 Å². The van der Waals surface area contributed by atoms with E-state index in [4.69, 9.17) is 5.73 Å². The summed E-state index contributed by atoms with van der Waals surface area (Å²) in [6, 6.07) is 9.10. The molecule has 1 amide bonds. The number of amides is 1. The number of rotatable bonds is 5. The second kappa shape index (κ2) is 7.47. The Morgan fingerprint density at radius 2 is 2.19 bits per heavy atom. The molecule has 1 aromatic heterocycles. The largest absolute Gasteiger partial charge is 0.397 e. The molecule has 0 spiro atoms. The van der Waals surface area contributed by atoms with E-state index in [2.05, 4.69) is 33.2 Å². The Morgan fingerprint density at radius 1 is 1.38 bits per heavy atom. The molecule has 0 atom stereocenters. The van der Waals surface area contributed by atoms with Crippen molar-refractivity contribution in [2.24, 2.45) is 0 Å². The van der Waals surface area contributed by atoms with Gasteiger partial charge in [-0.3, -0.25) is 4.79 Å². The van der Waals surface area contributed by atoms with Crippen LogP contribution in [0.2, 0.25) is 0 Å². The molecule has 0 bridgehead atoms. The number of carbonyl (C=O) groups is 1. The van der Waals surface area contributed by atoms with Crippen molar-refractivity contribution in [1.29, 1.82) is 0 Å². The van der Waals surface area contributed by atoms with E-state index in [1.54, 1.807) is 30.1 Å². The fourth-order valence-corrected chi connectivity index (χ4v) is 2.69. The number of pyridine rings is 1. The fourth-order valence-electron chi connectivity index (χ4n) is 1.65. The number of thioether (sulfide) groups is 1. The van der Waals surface area contributed by atoms with E-state index in [1.165, 1.54) is 0 Å². The number of carbonyl (C=O) groups excluding carboxylic acids is 1. The number of hydrogen-bond donors (Lipinski definition) is 2. The predicted octanol–water partition coefficient (Wildman–Crippen LogP) is 4.18. The molecule has 0 saturated carbocycles. The molecule has 2 aromatic rings. The average Bonchev–Trinajstić information content (AvgIpc) is 2.48. The zero-order chi connectivity index (χ0) is 15.2. The monoisotopic (exact) mass is 365 g/mol. The molecule has 0 aliphatic carbocycles. The number of nitrogens with one attached hydrogen (secondary N) is 1. The zero-order valence-electron chi connectivity index (χ0n) is 11.6. The number of anilines is 2. The van der Waals surface area contributed by atoms with E-state index in [-0.39, 0.29) is 5.91 Å². The molecule has 2 rings (SSSR count). The van der Waals surface area contributed by atoms with E-state index in [0.717, 1.165) is 21.5 Å². The number of hydrogen-bond acceptors (Lipinski definition) is 4. The molecule has 0 radical (unpaired) electrons. The van der Waals surface area contributed by atoms with E-state index in [9.17, 15) is 4.79 Å². The fraction of sp³-hybridized carbons (Fsp3) is 0.200. The molecule has 4 nitrogen and oxygen atoms in total. The molecular weight excluding hydrogens is 350 g/mol. The summed E-state index contributed by atoms with van der Waals surface area (Å²) in [6.45, 7) is 2.13. The van der Waals surface area contributed by atoms with Crippen LogP contribution in [0.15, 0.2) is 45.9 Å². The lowest BCUT2D eigenvalue weighted by Gasteiger charge is -2.10. The number of nitrogens with zero attached hydrogens (tertiary/aromatic N) is 1. The first kappa shape index (κ1) is 15.9. The lowest BCUT2D eigenvalue weighted by atomic mass is 10.2. The maximum atomic E-state index is 12.2. The lowest BCUT2D eigenvalue weighted by Crippen LogP contribution is -2.14. The highest BCUT2D eigenvalue weighted by atomic mass is 79.9. The molecule has 3 N–H and O–H groups in total. The highest BCUT2D eigenvalue weighted by Crippen LogP contribution is 2.27. The molecule has 0 unspecified atom stereocenters. The van der Waals surface area contributed by atoms with E-state index in [1.807, 2.05) is 18.2 Å². The maximum Gasteiger partial charge on any atom is 0.274 e. The smallest absolute Gasteiger partial charge is 0.274 e. The van der Waals surface area contributed by atoms with E-state index >= 15 is 0 Å². The minimum absolute atomic E-state index is 0.271. The molecule has 1 heterocycles. The second-order valence-corrected chi connectivity index (χ2v) is 6.50. The van der Waals surface area contributed by atoms with Crippen LogP contribution in [-0.4, -0.2) is 16.6 Å². The first-order chi connectivity index (χ1) is 10.1. The summed E-state index contributed by atoms with van der Waals surface area (Å²) in [7, 11) is 0. The van der Waals surface area contributed by atoms with Crippen molar-refractivity contribution in [3.05, 3.63) is 46.7 Å². The van der Waals surface area contributed by atoms with Crippen LogP contribution in [0, 0.1) is 0 Å². The van der Waals surface area contributed by atoms with Crippen molar-refractivity contribution in [1.82, 2.24) is 4.98 Å². The predicted molar refractivity (Wildman–Crippen MR) is 91.8 cm³/mol. The maximum absolute atomic E-state index is 12.2. The highest BCUT2D eigenvalue weighted by molar-refractivity contribution is 9.10. The summed E-state index contributed by atoms with van der Waals surface area (Å²) in [5.41, 5.74) is 7.43. The molecule has 0 aliphatic heterocycles. The summed E-state index contributed by atoms with van der Waals surface area (Å²) in [4.78, 5) is 17.3. The van der Waals surface area contributed by atoms with Gasteiger partial charge in [0, 0.05) is 15.6 Å². The molecule has 0 saturated heterocycles. The van der Waals surface area contributed by atoms with Crippen LogP contribution >= 0.6 is 27.7 Å².